The molecule has 0 fully saturated rings. The lowest BCUT2D eigenvalue weighted by atomic mass is 10.0. The molecule has 4 rings (SSSR count). The van der Waals surface area contributed by atoms with E-state index >= 15 is 0 Å². The molecule has 0 aliphatic carbocycles. The van der Waals surface area contributed by atoms with Crippen LogP contribution in [0.2, 0.25) is 0 Å². The maximum Gasteiger partial charge on any atom is 0.169 e. The van der Waals surface area contributed by atoms with Crippen LogP contribution in [-0.2, 0) is 6.54 Å². The van der Waals surface area contributed by atoms with Gasteiger partial charge in [0, 0.05) is 30.9 Å². The molecule has 0 atom stereocenters. The number of hydrogen-bond donors (Lipinski definition) is 0. The Balaban J connectivity index is 1.46. The van der Waals surface area contributed by atoms with Crippen LogP contribution in [0.1, 0.15) is 58.3 Å². The van der Waals surface area contributed by atoms with E-state index in [1.807, 2.05) is 36.4 Å². The van der Waals surface area contributed by atoms with Gasteiger partial charge in [0.1, 0.15) is 6.54 Å². The van der Waals surface area contributed by atoms with E-state index in [1.54, 1.807) is 12.4 Å². The normalized spacial score (nSPS) is 11.0. The molecule has 174 valence electrons. The molecule has 4 heteroatoms. The summed E-state index contributed by atoms with van der Waals surface area (Å²) in [6.45, 7) is 3.35. The van der Waals surface area contributed by atoms with Gasteiger partial charge in [0.25, 0.3) is 0 Å². The molecule has 0 saturated heterocycles. The van der Waals surface area contributed by atoms with E-state index in [0.717, 1.165) is 34.9 Å². The standard InChI is InChI=1S/C30H35N4/c1-2-3-4-5-6-7-8-13-20-34-21-16-25(17-22-34)26-23-29(27-14-9-11-18-31-27)33-30(24-26)28-15-10-12-19-32-28/h9-12,14-19,21-24H,2-8,13,20H2,1H3/q+1. The van der Waals surface area contributed by atoms with Crippen LogP contribution in [0.15, 0.2) is 85.5 Å². The van der Waals surface area contributed by atoms with Crippen LogP contribution >= 0.6 is 0 Å². The maximum atomic E-state index is 4.87. The molecular weight excluding hydrogens is 416 g/mol. The van der Waals surface area contributed by atoms with Crippen molar-refractivity contribution in [3.05, 3.63) is 85.5 Å². The van der Waals surface area contributed by atoms with Crippen LogP contribution in [0.4, 0.5) is 0 Å². The number of aromatic nitrogens is 4. The lowest BCUT2D eigenvalue weighted by Gasteiger charge is -2.09. The van der Waals surface area contributed by atoms with Gasteiger partial charge in [-0.1, -0.05) is 57.6 Å². The summed E-state index contributed by atoms with van der Waals surface area (Å²) in [5.41, 5.74) is 5.73. The molecule has 0 unspecified atom stereocenters. The summed E-state index contributed by atoms with van der Waals surface area (Å²) in [4.78, 5) is 13.9. The van der Waals surface area contributed by atoms with Gasteiger partial charge in [0.2, 0.25) is 0 Å². The van der Waals surface area contributed by atoms with Gasteiger partial charge in [0.05, 0.1) is 22.8 Å². The minimum atomic E-state index is 0.856. The van der Waals surface area contributed by atoms with Gasteiger partial charge in [0.15, 0.2) is 12.4 Å². The number of aryl methyl sites for hydroxylation is 1. The molecular formula is C30H35N4+. The van der Waals surface area contributed by atoms with E-state index in [4.69, 9.17) is 4.98 Å². The lowest BCUT2D eigenvalue weighted by molar-refractivity contribution is -0.697. The van der Waals surface area contributed by atoms with Crippen molar-refractivity contribution < 1.29 is 4.57 Å². The summed E-state index contributed by atoms with van der Waals surface area (Å²) in [7, 11) is 0. The molecule has 4 nitrogen and oxygen atoms in total. The lowest BCUT2D eigenvalue weighted by Crippen LogP contribution is -2.32. The Kier molecular flexibility index (Phi) is 8.90. The Hall–Kier alpha value is -3.40. The molecule has 0 amide bonds. The number of hydrogen-bond acceptors (Lipinski definition) is 3. The van der Waals surface area contributed by atoms with Gasteiger partial charge in [-0.05, 0) is 53.9 Å². The van der Waals surface area contributed by atoms with Crippen molar-refractivity contribution in [2.24, 2.45) is 0 Å². The third-order valence-electron chi connectivity index (χ3n) is 6.17. The highest BCUT2D eigenvalue weighted by Crippen LogP contribution is 2.28. The predicted molar refractivity (Wildman–Crippen MR) is 139 cm³/mol. The van der Waals surface area contributed by atoms with Gasteiger partial charge >= 0.3 is 0 Å². The fourth-order valence-corrected chi connectivity index (χ4v) is 4.22. The summed E-state index contributed by atoms with van der Waals surface area (Å²) in [5.74, 6) is 0. The minimum absolute atomic E-state index is 0.856. The Bertz CT molecular complexity index is 1070. The van der Waals surface area contributed by atoms with Crippen LogP contribution in [-0.4, -0.2) is 15.0 Å². The molecule has 0 aliphatic rings. The average molecular weight is 452 g/mol. The second-order valence-electron chi connectivity index (χ2n) is 8.86. The molecule has 0 N–H and O–H groups in total. The summed E-state index contributed by atoms with van der Waals surface area (Å²) in [6.07, 6.45) is 18.8. The van der Waals surface area contributed by atoms with E-state index in [2.05, 4.69) is 58.1 Å². The third kappa shape index (κ3) is 6.80. The smallest absolute Gasteiger partial charge is 0.169 e. The molecule has 4 heterocycles. The predicted octanol–water partition coefficient (Wildman–Crippen LogP) is 7.30. The molecule has 0 spiro atoms. The second kappa shape index (κ2) is 12.7. The summed E-state index contributed by atoms with van der Waals surface area (Å²) in [6, 6.07) is 20.5. The molecule has 4 aromatic heterocycles. The third-order valence-corrected chi connectivity index (χ3v) is 6.17. The van der Waals surface area contributed by atoms with Crippen molar-refractivity contribution in [2.45, 2.75) is 64.8 Å². The zero-order valence-electron chi connectivity index (χ0n) is 20.2. The van der Waals surface area contributed by atoms with Gasteiger partial charge < -0.3 is 0 Å². The van der Waals surface area contributed by atoms with E-state index < -0.39 is 0 Å². The van der Waals surface area contributed by atoms with Gasteiger partial charge in [-0.15, -0.1) is 0 Å². The van der Waals surface area contributed by atoms with E-state index in [-0.39, 0.29) is 0 Å². The first-order valence-corrected chi connectivity index (χ1v) is 12.7. The van der Waals surface area contributed by atoms with Crippen molar-refractivity contribution in [1.29, 1.82) is 0 Å². The zero-order valence-corrected chi connectivity index (χ0v) is 20.2. The van der Waals surface area contributed by atoms with Crippen molar-refractivity contribution in [1.82, 2.24) is 15.0 Å². The van der Waals surface area contributed by atoms with Gasteiger partial charge in [-0.2, -0.15) is 0 Å². The van der Waals surface area contributed by atoms with Crippen LogP contribution in [0.5, 0.6) is 0 Å². The SMILES string of the molecule is CCCCCCCCCC[n+]1ccc(-c2cc(-c3ccccn3)nc(-c3ccccn3)c2)cc1. The molecule has 0 bridgehead atoms. The summed E-state index contributed by atoms with van der Waals surface area (Å²) >= 11 is 0. The Morgan fingerprint density at radius 2 is 1.15 bits per heavy atom. The molecule has 0 radical (unpaired) electrons. The van der Waals surface area contributed by atoms with Gasteiger partial charge in [-0.25, -0.2) is 9.55 Å². The molecule has 0 aromatic carbocycles. The highest BCUT2D eigenvalue weighted by atomic mass is 14.9. The zero-order chi connectivity index (χ0) is 23.4. The molecule has 34 heavy (non-hydrogen) atoms. The van der Waals surface area contributed by atoms with E-state index in [9.17, 15) is 0 Å². The van der Waals surface area contributed by atoms with Crippen molar-refractivity contribution >= 4 is 0 Å². The monoisotopic (exact) mass is 451 g/mol. The molecule has 0 saturated carbocycles. The first-order chi connectivity index (χ1) is 16.8. The highest BCUT2D eigenvalue weighted by Gasteiger charge is 2.11. The van der Waals surface area contributed by atoms with Crippen LogP contribution in [0.3, 0.4) is 0 Å². The van der Waals surface area contributed by atoms with Crippen LogP contribution in [0.25, 0.3) is 33.9 Å². The molecule has 4 aromatic rings. The minimum Gasteiger partial charge on any atom is -0.255 e. The van der Waals surface area contributed by atoms with Crippen LogP contribution in [0, 0.1) is 0 Å². The Morgan fingerprint density at radius 3 is 1.68 bits per heavy atom. The van der Waals surface area contributed by atoms with Gasteiger partial charge in [-0.3, -0.25) is 9.97 Å². The van der Waals surface area contributed by atoms with Crippen LogP contribution < -0.4 is 4.57 Å². The maximum absolute atomic E-state index is 4.87. The first-order valence-electron chi connectivity index (χ1n) is 12.7. The van der Waals surface area contributed by atoms with E-state index in [0.29, 0.717) is 0 Å². The number of nitrogens with zero attached hydrogens (tertiary/aromatic N) is 4. The summed E-state index contributed by atoms with van der Waals surface area (Å²) in [5, 5.41) is 0. The first kappa shape index (κ1) is 23.7. The Labute approximate surface area is 203 Å². The summed E-state index contributed by atoms with van der Waals surface area (Å²) < 4.78 is 2.29. The number of pyridine rings is 4. The fraction of sp³-hybridized carbons (Fsp3) is 0.333. The molecule has 0 aliphatic heterocycles. The van der Waals surface area contributed by atoms with Crippen molar-refractivity contribution in [2.75, 3.05) is 0 Å². The van der Waals surface area contributed by atoms with Crippen molar-refractivity contribution in [3.8, 4) is 33.9 Å². The quantitative estimate of drug-likeness (QED) is 0.168. The average Bonchev–Trinajstić information content (AvgIpc) is 2.91. The fourth-order valence-electron chi connectivity index (χ4n) is 4.22. The van der Waals surface area contributed by atoms with E-state index in [1.165, 1.54) is 56.9 Å². The number of rotatable bonds is 12. The Morgan fingerprint density at radius 1 is 0.588 bits per heavy atom. The largest absolute Gasteiger partial charge is 0.255 e. The highest BCUT2D eigenvalue weighted by molar-refractivity contribution is 5.74. The number of unbranched alkanes of at least 4 members (excludes halogenated alkanes) is 7. The van der Waals surface area contributed by atoms with Crippen molar-refractivity contribution in [3.63, 3.8) is 0 Å². The second-order valence-corrected chi connectivity index (χ2v) is 8.86. The topological polar surface area (TPSA) is 42.5 Å².